The van der Waals surface area contributed by atoms with Crippen molar-refractivity contribution in [2.45, 2.75) is 19.9 Å². The first-order valence-electron chi connectivity index (χ1n) is 5.25. The van der Waals surface area contributed by atoms with Crippen molar-refractivity contribution in [1.82, 2.24) is 5.32 Å². The van der Waals surface area contributed by atoms with Gasteiger partial charge in [0.05, 0.1) is 0 Å². The van der Waals surface area contributed by atoms with Gasteiger partial charge >= 0.3 is 0 Å². The summed E-state index contributed by atoms with van der Waals surface area (Å²) in [4.78, 5) is 11.5. The molecule has 0 aliphatic heterocycles. The van der Waals surface area contributed by atoms with Crippen molar-refractivity contribution in [1.29, 1.82) is 0 Å². The standard InChI is InChI=1S/C12H18N2O/c1-10(7-8-13)12(15)14-9-11-5-3-2-4-6-11/h2-6,10H,7-9,13H2,1H3,(H,14,15). The van der Waals surface area contributed by atoms with Crippen molar-refractivity contribution in [3.63, 3.8) is 0 Å². The molecule has 15 heavy (non-hydrogen) atoms. The normalized spacial score (nSPS) is 12.1. The van der Waals surface area contributed by atoms with Gasteiger partial charge in [-0.15, -0.1) is 0 Å². The van der Waals surface area contributed by atoms with E-state index in [9.17, 15) is 4.79 Å². The summed E-state index contributed by atoms with van der Waals surface area (Å²) in [5.74, 6) is 0.0722. The van der Waals surface area contributed by atoms with Crippen LogP contribution in [0.5, 0.6) is 0 Å². The molecule has 0 heterocycles. The van der Waals surface area contributed by atoms with Gasteiger partial charge in [-0.25, -0.2) is 0 Å². The molecule has 3 nitrogen and oxygen atoms in total. The number of hydrogen-bond acceptors (Lipinski definition) is 2. The average molecular weight is 206 g/mol. The zero-order valence-electron chi connectivity index (χ0n) is 9.07. The predicted octanol–water partition coefficient (Wildman–Crippen LogP) is 1.29. The minimum atomic E-state index is -0.00119. The van der Waals surface area contributed by atoms with Gasteiger partial charge in [-0.3, -0.25) is 4.79 Å². The Balaban J connectivity index is 2.34. The van der Waals surface area contributed by atoms with E-state index in [0.29, 0.717) is 13.1 Å². The van der Waals surface area contributed by atoms with Gasteiger partial charge in [-0.2, -0.15) is 0 Å². The van der Waals surface area contributed by atoms with Crippen molar-refractivity contribution < 1.29 is 4.79 Å². The van der Waals surface area contributed by atoms with Gasteiger partial charge in [0.15, 0.2) is 0 Å². The Bertz CT molecular complexity index is 298. The van der Waals surface area contributed by atoms with E-state index in [4.69, 9.17) is 5.73 Å². The fourth-order valence-electron chi connectivity index (χ4n) is 1.34. The van der Waals surface area contributed by atoms with Gasteiger partial charge in [-0.05, 0) is 18.5 Å². The predicted molar refractivity (Wildman–Crippen MR) is 61.1 cm³/mol. The molecule has 0 bridgehead atoms. The molecule has 1 aromatic carbocycles. The maximum Gasteiger partial charge on any atom is 0.223 e. The molecule has 1 unspecified atom stereocenters. The van der Waals surface area contributed by atoms with Crippen LogP contribution in [0.25, 0.3) is 0 Å². The molecule has 0 radical (unpaired) electrons. The molecular formula is C12H18N2O. The Hall–Kier alpha value is -1.35. The first-order valence-corrected chi connectivity index (χ1v) is 5.25. The topological polar surface area (TPSA) is 55.1 Å². The monoisotopic (exact) mass is 206 g/mol. The summed E-state index contributed by atoms with van der Waals surface area (Å²) in [6, 6.07) is 9.87. The number of rotatable bonds is 5. The van der Waals surface area contributed by atoms with Gasteiger partial charge in [0.2, 0.25) is 5.91 Å². The molecule has 0 fully saturated rings. The van der Waals surface area contributed by atoms with Crippen LogP contribution in [0, 0.1) is 5.92 Å². The largest absolute Gasteiger partial charge is 0.352 e. The quantitative estimate of drug-likeness (QED) is 0.762. The third-order valence-electron chi connectivity index (χ3n) is 2.36. The SMILES string of the molecule is CC(CCN)C(=O)NCc1ccccc1. The van der Waals surface area contributed by atoms with Crippen LogP contribution >= 0.6 is 0 Å². The van der Waals surface area contributed by atoms with Gasteiger partial charge in [0.1, 0.15) is 0 Å². The number of carbonyl (C=O) groups excluding carboxylic acids is 1. The molecule has 0 aromatic heterocycles. The number of amides is 1. The molecule has 1 aromatic rings. The zero-order valence-corrected chi connectivity index (χ0v) is 9.07. The van der Waals surface area contributed by atoms with Crippen molar-refractivity contribution in [3.8, 4) is 0 Å². The van der Waals surface area contributed by atoms with Crippen LogP contribution in [0.1, 0.15) is 18.9 Å². The summed E-state index contributed by atoms with van der Waals surface area (Å²) < 4.78 is 0. The van der Waals surface area contributed by atoms with Crippen LogP contribution in [0.15, 0.2) is 30.3 Å². The van der Waals surface area contributed by atoms with Crippen LogP contribution in [-0.4, -0.2) is 12.5 Å². The van der Waals surface area contributed by atoms with E-state index in [2.05, 4.69) is 5.32 Å². The van der Waals surface area contributed by atoms with Crippen molar-refractivity contribution >= 4 is 5.91 Å². The lowest BCUT2D eigenvalue weighted by atomic mass is 10.1. The summed E-state index contributed by atoms with van der Waals surface area (Å²) >= 11 is 0. The maximum absolute atomic E-state index is 11.5. The molecule has 1 atom stereocenters. The molecule has 0 saturated heterocycles. The van der Waals surface area contributed by atoms with Gasteiger partial charge in [0, 0.05) is 12.5 Å². The minimum Gasteiger partial charge on any atom is -0.352 e. The fraction of sp³-hybridized carbons (Fsp3) is 0.417. The summed E-state index contributed by atoms with van der Waals surface area (Å²) in [5, 5.41) is 2.89. The Labute approximate surface area is 90.7 Å². The molecule has 1 amide bonds. The van der Waals surface area contributed by atoms with E-state index in [0.717, 1.165) is 12.0 Å². The van der Waals surface area contributed by atoms with Crippen LogP contribution < -0.4 is 11.1 Å². The number of hydrogen-bond donors (Lipinski definition) is 2. The number of carbonyl (C=O) groups is 1. The molecule has 3 N–H and O–H groups in total. The molecule has 0 aliphatic rings. The molecule has 82 valence electrons. The minimum absolute atomic E-state index is 0.00119. The second-order valence-corrected chi connectivity index (χ2v) is 3.68. The molecule has 3 heteroatoms. The van der Waals surface area contributed by atoms with E-state index < -0.39 is 0 Å². The zero-order chi connectivity index (χ0) is 11.1. The van der Waals surface area contributed by atoms with Crippen LogP contribution in [0.3, 0.4) is 0 Å². The van der Waals surface area contributed by atoms with E-state index >= 15 is 0 Å². The number of nitrogens with two attached hydrogens (primary N) is 1. The Morgan fingerprint density at radius 2 is 2.07 bits per heavy atom. The van der Waals surface area contributed by atoms with Crippen LogP contribution in [0.4, 0.5) is 0 Å². The van der Waals surface area contributed by atoms with Crippen molar-refractivity contribution in [2.24, 2.45) is 11.7 Å². The average Bonchev–Trinajstić information content (AvgIpc) is 2.27. The van der Waals surface area contributed by atoms with Gasteiger partial charge in [-0.1, -0.05) is 37.3 Å². The van der Waals surface area contributed by atoms with Crippen LogP contribution in [0.2, 0.25) is 0 Å². The summed E-state index contributed by atoms with van der Waals surface area (Å²) in [6.07, 6.45) is 0.737. The lowest BCUT2D eigenvalue weighted by Crippen LogP contribution is -2.29. The maximum atomic E-state index is 11.5. The van der Waals surface area contributed by atoms with Crippen LogP contribution in [-0.2, 0) is 11.3 Å². The Morgan fingerprint density at radius 3 is 2.67 bits per heavy atom. The number of nitrogens with one attached hydrogen (secondary N) is 1. The van der Waals surface area contributed by atoms with E-state index in [-0.39, 0.29) is 11.8 Å². The molecular weight excluding hydrogens is 188 g/mol. The molecule has 0 saturated carbocycles. The lowest BCUT2D eigenvalue weighted by molar-refractivity contribution is -0.124. The molecule has 0 spiro atoms. The second kappa shape index (κ2) is 6.19. The van der Waals surface area contributed by atoms with Crippen molar-refractivity contribution in [3.05, 3.63) is 35.9 Å². The molecule has 1 rings (SSSR count). The smallest absolute Gasteiger partial charge is 0.223 e. The highest BCUT2D eigenvalue weighted by Gasteiger charge is 2.10. The highest BCUT2D eigenvalue weighted by molar-refractivity contribution is 5.78. The summed E-state index contributed by atoms with van der Waals surface area (Å²) in [6.45, 7) is 3.04. The molecule has 0 aliphatic carbocycles. The van der Waals surface area contributed by atoms with Gasteiger partial charge in [0.25, 0.3) is 0 Å². The Morgan fingerprint density at radius 1 is 1.40 bits per heavy atom. The van der Waals surface area contributed by atoms with Crippen molar-refractivity contribution in [2.75, 3.05) is 6.54 Å². The Kier molecular flexibility index (Phi) is 4.84. The second-order valence-electron chi connectivity index (χ2n) is 3.68. The third kappa shape index (κ3) is 4.13. The first kappa shape index (κ1) is 11.7. The highest BCUT2D eigenvalue weighted by atomic mass is 16.1. The van der Waals surface area contributed by atoms with E-state index in [1.807, 2.05) is 37.3 Å². The van der Waals surface area contributed by atoms with E-state index in [1.54, 1.807) is 0 Å². The van der Waals surface area contributed by atoms with E-state index in [1.165, 1.54) is 0 Å². The fourth-order valence-corrected chi connectivity index (χ4v) is 1.34. The first-order chi connectivity index (χ1) is 7.24. The van der Waals surface area contributed by atoms with Gasteiger partial charge < -0.3 is 11.1 Å². The highest BCUT2D eigenvalue weighted by Crippen LogP contribution is 2.02. The number of benzene rings is 1. The lowest BCUT2D eigenvalue weighted by Gasteiger charge is -2.10. The summed E-state index contributed by atoms with van der Waals surface area (Å²) in [5.41, 5.74) is 6.51. The summed E-state index contributed by atoms with van der Waals surface area (Å²) in [7, 11) is 0. The third-order valence-corrected chi connectivity index (χ3v) is 2.36.